The fraction of sp³-hybridized carbons (Fsp3) is 1.00. The van der Waals surface area contributed by atoms with Crippen molar-refractivity contribution < 1.29 is 3.79 Å². The monoisotopic (exact) mass is 187 g/mol. The first-order valence-corrected chi connectivity index (χ1v) is 7.07. The Kier molecular flexibility index (Phi) is 8.37. The average Bonchev–Trinajstić information content (AvgIpc) is 2.04. The van der Waals surface area contributed by atoms with Crippen LogP contribution < -0.4 is 0 Å². The van der Waals surface area contributed by atoms with Gasteiger partial charge in [-0.2, -0.15) is 0 Å². The molecule has 0 spiro atoms. The fourth-order valence-electron chi connectivity index (χ4n) is 1.16. The molecule has 0 N–H and O–H groups in total. The zero-order chi connectivity index (χ0) is 9.40. The predicted octanol–water partition coefficient (Wildman–Crippen LogP) is 1.99. The highest BCUT2D eigenvalue weighted by Crippen LogP contribution is 2.00. The van der Waals surface area contributed by atoms with Crippen LogP contribution in [0.5, 0.6) is 0 Å². The van der Waals surface area contributed by atoms with Gasteiger partial charge in [-0.1, -0.05) is 24.4 Å². The third-order valence-corrected chi connectivity index (χ3v) is 4.54. The van der Waals surface area contributed by atoms with Crippen LogP contribution in [0.2, 0.25) is 10.6 Å². The Morgan fingerprint density at radius 1 is 1.17 bits per heavy atom. The lowest BCUT2D eigenvalue weighted by Crippen LogP contribution is -2.19. The van der Waals surface area contributed by atoms with Gasteiger partial charge in [0.25, 0.3) is 0 Å². The molecule has 0 radical (unpaired) electrons. The smallest absolute Gasteiger partial charge is 0.460 e. The van der Waals surface area contributed by atoms with Gasteiger partial charge in [0, 0.05) is 6.61 Å². The number of hydrogen-bond donors (Lipinski definition) is 0. The molecule has 12 heavy (non-hydrogen) atoms. The summed E-state index contributed by atoms with van der Waals surface area (Å²) >= 11 is -0.774. The van der Waals surface area contributed by atoms with E-state index in [1.807, 2.05) is 0 Å². The molecule has 72 valence electrons. The van der Waals surface area contributed by atoms with E-state index in [2.05, 4.69) is 32.8 Å². The van der Waals surface area contributed by atoms with Crippen molar-refractivity contribution in [2.45, 2.75) is 30.8 Å². The summed E-state index contributed by atoms with van der Waals surface area (Å²) in [5, 5.41) is 2.55. The van der Waals surface area contributed by atoms with Crippen LogP contribution in [0.3, 0.4) is 0 Å². The third kappa shape index (κ3) is 7.12. The van der Waals surface area contributed by atoms with Crippen LogP contribution in [0.1, 0.15) is 20.3 Å². The Balaban J connectivity index is 3.17. The number of hydrogen-bond acceptors (Lipinski definition) is 2. The van der Waals surface area contributed by atoms with Crippen LogP contribution in [-0.4, -0.2) is 46.6 Å². The van der Waals surface area contributed by atoms with Crippen LogP contribution in [0, 0.1) is 0 Å². The Morgan fingerprint density at radius 3 is 2.17 bits per heavy atom. The van der Waals surface area contributed by atoms with Crippen molar-refractivity contribution in [2.75, 3.05) is 27.2 Å². The summed E-state index contributed by atoms with van der Waals surface area (Å²) in [4.78, 5) is 2.21. The Labute approximate surface area is 81.6 Å². The van der Waals surface area contributed by atoms with Crippen molar-refractivity contribution >= 4 is 14.5 Å². The first-order chi connectivity index (χ1) is 5.70. The molecule has 0 saturated carbocycles. The van der Waals surface area contributed by atoms with Gasteiger partial charge < -0.3 is 8.69 Å². The van der Waals surface area contributed by atoms with E-state index in [1.165, 1.54) is 17.0 Å². The van der Waals surface area contributed by atoms with Gasteiger partial charge in [0.15, 0.2) is 0 Å². The lowest BCUT2D eigenvalue weighted by molar-refractivity contribution is 0.282. The second kappa shape index (κ2) is 8.07. The predicted molar refractivity (Wildman–Crippen MR) is 55.8 cm³/mol. The number of rotatable bonds is 7. The molecule has 0 heterocycles. The second-order valence-corrected chi connectivity index (χ2v) is 6.68. The summed E-state index contributed by atoms with van der Waals surface area (Å²) in [6.07, 6.45) is 1.18. The zero-order valence-corrected chi connectivity index (χ0v) is 10.1. The molecule has 0 rings (SSSR count). The molecule has 0 fully saturated rings. The molecular formula is C9H22AlNO. The van der Waals surface area contributed by atoms with Gasteiger partial charge >= 0.3 is 14.5 Å². The van der Waals surface area contributed by atoms with Crippen LogP contribution in [0.15, 0.2) is 0 Å². The van der Waals surface area contributed by atoms with Crippen LogP contribution in [0.25, 0.3) is 0 Å². The minimum Gasteiger partial charge on any atom is -0.501 e. The van der Waals surface area contributed by atoms with E-state index >= 15 is 0 Å². The van der Waals surface area contributed by atoms with E-state index in [-0.39, 0.29) is 0 Å². The highest BCUT2D eigenvalue weighted by molar-refractivity contribution is 6.51. The Morgan fingerprint density at radius 2 is 1.75 bits per heavy atom. The lowest BCUT2D eigenvalue weighted by atomic mass is 10.4. The van der Waals surface area contributed by atoms with E-state index in [1.54, 1.807) is 0 Å². The molecule has 0 saturated heterocycles. The van der Waals surface area contributed by atoms with E-state index in [9.17, 15) is 0 Å². The second-order valence-electron chi connectivity index (χ2n) is 3.47. The van der Waals surface area contributed by atoms with Crippen molar-refractivity contribution in [2.24, 2.45) is 0 Å². The molecule has 0 aromatic rings. The molecule has 0 aromatic heterocycles. The quantitative estimate of drug-likeness (QED) is 0.446. The number of nitrogens with zero attached hydrogens (tertiary/aromatic N) is 1. The van der Waals surface area contributed by atoms with E-state index in [0.717, 1.165) is 13.2 Å². The standard InChI is InChI=1S/C5H12NO.2C2H5.Al/c1-6(2)4-3-5-7;2*1-2;/h3-5H2,1-2H3;2*1H2,2H3;/q-1;;;+1. The van der Waals surface area contributed by atoms with Gasteiger partial charge in [-0.05, 0) is 27.1 Å². The van der Waals surface area contributed by atoms with Gasteiger partial charge in [-0.25, -0.2) is 0 Å². The van der Waals surface area contributed by atoms with Crippen molar-refractivity contribution in [1.29, 1.82) is 0 Å². The maximum Gasteiger partial charge on any atom is 0.460 e. The van der Waals surface area contributed by atoms with E-state index < -0.39 is 14.5 Å². The highest BCUT2D eigenvalue weighted by Gasteiger charge is 2.13. The van der Waals surface area contributed by atoms with Gasteiger partial charge in [-0.15, -0.1) is 0 Å². The molecule has 0 aliphatic rings. The molecule has 0 bridgehead atoms. The summed E-state index contributed by atoms with van der Waals surface area (Å²) in [5.41, 5.74) is 0. The van der Waals surface area contributed by atoms with Crippen molar-refractivity contribution in [1.82, 2.24) is 4.90 Å². The molecule has 0 unspecified atom stereocenters. The molecule has 0 amide bonds. The minimum atomic E-state index is -0.774. The summed E-state index contributed by atoms with van der Waals surface area (Å²) in [5.74, 6) is 0. The summed E-state index contributed by atoms with van der Waals surface area (Å²) < 4.78 is 5.80. The molecule has 0 aliphatic carbocycles. The molecule has 0 aromatic carbocycles. The Bertz CT molecular complexity index is 94.5. The van der Waals surface area contributed by atoms with Gasteiger partial charge in [-0.3, -0.25) is 0 Å². The van der Waals surface area contributed by atoms with E-state index in [0.29, 0.717) is 0 Å². The zero-order valence-electron chi connectivity index (χ0n) is 8.97. The van der Waals surface area contributed by atoms with Crippen LogP contribution in [-0.2, 0) is 3.79 Å². The summed E-state index contributed by atoms with van der Waals surface area (Å²) in [6.45, 7) is 6.60. The molecule has 0 aliphatic heterocycles. The van der Waals surface area contributed by atoms with Gasteiger partial charge in [0.2, 0.25) is 0 Å². The largest absolute Gasteiger partial charge is 0.501 e. The van der Waals surface area contributed by atoms with Crippen LogP contribution in [0.4, 0.5) is 0 Å². The van der Waals surface area contributed by atoms with Crippen molar-refractivity contribution in [3.63, 3.8) is 0 Å². The van der Waals surface area contributed by atoms with Gasteiger partial charge in [0.05, 0.1) is 0 Å². The Hall–Kier alpha value is 0.452. The summed E-state index contributed by atoms with van der Waals surface area (Å²) in [7, 11) is 4.21. The minimum absolute atomic E-state index is 0.774. The summed E-state index contributed by atoms with van der Waals surface area (Å²) in [6, 6.07) is 0. The molecular weight excluding hydrogens is 165 g/mol. The SMILES string of the molecule is C[CH2][Al]([CH2]C)[O]CCCN(C)C. The van der Waals surface area contributed by atoms with Crippen LogP contribution >= 0.6 is 0 Å². The van der Waals surface area contributed by atoms with E-state index in [4.69, 9.17) is 3.79 Å². The normalized spacial score (nSPS) is 10.8. The molecule has 3 heteroatoms. The lowest BCUT2D eigenvalue weighted by Gasteiger charge is -2.12. The van der Waals surface area contributed by atoms with Crippen molar-refractivity contribution in [3.8, 4) is 0 Å². The average molecular weight is 187 g/mol. The third-order valence-electron chi connectivity index (χ3n) is 2.01. The maximum atomic E-state index is 5.80. The maximum absolute atomic E-state index is 5.80. The topological polar surface area (TPSA) is 12.5 Å². The van der Waals surface area contributed by atoms with Gasteiger partial charge in [0.1, 0.15) is 0 Å². The first-order valence-electron chi connectivity index (χ1n) is 4.97. The molecule has 2 nitrogen and oxygen atoms in total. The van der Waals surface area contributed by atoms with Crippen molar-refractivity contribution in [3.05, 3.63) is 0 Å². The fourth-order valence-corrected chi connectivity index (χ4v) is 2.70. The molecule has 0 atom stereocenters. The highest BCUT2D eigenvalue weighted by atomic mass is 27.2. The first kappa shape index (κ1) is 12.5.